The van der Waals surface area contributed by atoms with Crippen molar-refractivity contribution in [1.82, 2.24) is 4.98 Å². The number of hydrogen-bond acceptors (Lipinski definition) is 6. The molecule has 7 nitrogen and oxygen atoms in total. The number of carbonyl (C=O) groups excluding carboxylic acids is 1. The zero-order valence-corrected chi connectivity index (χ0v) is 18.6. The summed E-state index contributed by atoms with van der Waals surface area (Å²) in [6, 6.07) is 17.7. The van der Waals surface area contributed by atoms with Gasteiger partial charge in [-0.15, -0.1) is 0 Å². The van der Waals surface area contributed by atoms with Crippen LogP contribution in [0.3, 0.4) is 0 Å². The first-order chi connectivity index (χ1) is 15.9. The second-order valence-corrected chi connectivity index (χ2v) is 7.25. The topological polar surface area (TPSA) is 105 Å². The molecule has 0 aliphatic heterocycles. The Morgan fingerprint density at radius 1 is 1.18 bits per heavy atom. The lowest BCUT2D eigenvalue weighted by atomic mass is 10.0. The number of nitrogens with zero attached hydrogens (tertiary/aromatic N) is 2. The predicted molar refractivity (Wildman–Crippen MR) is 126 cm³/mol. The molecule has 0 bridgehead atoms. The summed E-state index contributed by atoms with van der Waals surface area (Å²) < 4.78 is 10.9. The van der Waals surface area contributed by atoms with Crippen molar-refractivity contribution in [3.05, 3.63) is 99.0 Å². The van der Waals surface area contributed by atoms with Crippen LogP contribution in [0.4, 0.5) is 5.69 Å². The van der Waals surface area contributed by atoms with E-state index < -0.39 is 5.97 Å². The second-order valence-electron chi connectivity index (χ2n) is 7.25. The molecule has 3 aromatic rings. The lowest BCUT2D eigenvalue weighted by Crippen LogP contribution is -2.14. The van der Waals surface area contributed by atoms with E-state index in [9.17, 15) is 9.59 Å². The summed E-state index contributed by atoms with van der Waals surface area (Å²) in [5, 5.41) is 9.16. The molecule has 0 unspecified atom stereocenters. The number of aromatic nitrogens is 1. The Labute approximate surface area is 191 Å². The third-order valence-corrected chi connectivity index (χ3v) is 4.88. The summed E-state index contributed by atoms with van der Waals surface area (Å²) in [6.07, 6.45) is 3.17. The van der Waals surface area contributed by atoms with E-state index >= 15 is 0 Å². The number of pyridine rings is 1. The van der Waals surface area contributed by atoms with Gasteiger partial charge in [0, 0.05) is 17.8 Å². The van der Waals surface area contributed by atoms with Crippen molar-refractivity contribution in [2.45, 2.75) is 20.5 Å². The van der Waals surface area contributed by atoms with Crippen LogP contribution in [-0.2, 0) is 16.1 Å². The van der Waals surface area contributed by atoms with Gasteiger partial charge in [0.25, 0.3) is 0 Å². The van der Waals surface area contributed by atoms with E-state index in [1.54, 1.807) is 37.4 Å². The number of nitriles is 1. The molecule has 0 fully saturated rings. The molecular formula is C26H23N3O4. The standard InChI is InChI=1S/C26H23N3O4/c1-17-15-28-25(30)13-23(17)29-18(2)22(26(31)33-16-19-7-5-4-6-8-19)12-21-10-9-20(14-27)11-24(21)32-3/h4-13,15H,16H2,1-3H3,(H,28,30). The SMILES string of the molecule is COc1cc(C#N)ccc1C=C(C(=O)OCc1ccccc1)C(C)=Nc1cc(=O)[nH]cc1C. The molecule has 0 saturated heterocycles. The monoisotopic (exact) mass is 441 g/mol. The second kappa shape index (κ2) is 10.7. The van der Waals surface area contributed by atoms with Crippen molar-refractivity contribution < 1.29 is 14.3 Å². The van der Waals surface area contributed by atoms with Crippen LogP contribution in [0, 0.1) is 18.3 Å². The molecule has 166 valence electrons. The van der Waals surface area contributed by atoms with Gasteiger partial charge in [-0.1, -0.05) is 30.3 Å². The molecule has 7 heteroatoms. The fourth-order valence-electron chi connectivity index (χ4n) is 3.06. The van der Waals surface area contributed by atoms with E-state index in [2.05, 4.69) is 16.0 Å². The highest BCUT2D eigenvalue weighted by Gasteiger charge is 2.17. The van der Waals surface area contributed by atoms with E-state index in [0.29, 0.717) is 28.3 Å². The van der Waals surface area contributed by atoms with Crippen LogP contribution >= 0.6 is 0 Å². The maximum atomic E-state index is 13.1. The molecule has 0 amide bonds. The van der Waals surface area contributed by atoms with Gasteiger partial charge in [-0.25, -0.2) is 4.79 Å². The Bertz CT molecular complexity index is 1320. The zero-order chi connectivity index (χ0) is 23.8. The van der Waals surface area contributed by atoms with Crippen LogP contribution < -0.4 is 10.3 Å². The van der Waals surface area contributed by atoms with Crippen molar-refractivity contribution in [3.63, 3.8) is 0 Å². The van der Waals surface area contributed by atoms with E-state index in [4.69, 9.17) is 14.7 Å². The lowest BCUT2D eigenvalue weighted by molar-refractivity contribution is -0.139. The zero-order valence-electron chi connectivity index (χ0n) is 18.6. The van der Waals surface area contributed by atoms with Crippen LogP contribution in [0.5, 0.6) is 5.75 Å². The van der Waals surface area contributed by atoms with Gasteiger partial charge in [-0.2, -0.15) is 5.26 Å². The number of esters is 1. The fraction of sp³-hybridized carbons (Fsp3) is 0.154. The maximum absolute atomic E-state index is 13.1. The number of aromatic amines is 1. The van der Waals surface area contributed by atoms with Crippen LogP contribution in [-0.4, -0.2) is 23.8 Å². The minimum absolute atomic E-state index is 0.0961. The van der Waals surface area contributed by atoms with Crippen LogP contribution in [0.2, 0.25) is 0 Å². The molecule has 1 heterocycles. The number of hydrogen-bond donors (Lipinski definition) is 1. The average molecular weight is 441 g/mol. The lowest BCUT2D eigenvalue weighted by Gasteiger charge is -2.11. The highest BCUT2D eigenvalue weighted by Crippen LogP contribution is 2.25. The number of aliphatic imine (C=N–C) groups is 1. The molecule has 1 aromatic heterocycles. The third kappa shape index (κ3) is 6.05. The summed E-state index contributed by atoms with van der Waals surface area (Å²) in [5.74, 6) is -0.142. The quantitative estimate of drug-likeness (QED) is 0.331. The molecule has 0 radical (unpaired) electrons. The molecule has 0 aliphatic carbocycles. The van der Waals surface area contributed by atoms with E-state index in [0.717, 1.165) is 11.1 Å². The Kier molecular flexibility index (Phi) is 7.55. The smallest absolute Gasteiger partial charge is 0.340 e. The first-order valence-electron chi connectivity index (χ1n) is 10.2. The summed E-state index contributed by atoms with van der Waals surface area (Å²) in [5.41, 5.74) is 3.34. The van der Waals surface area contributed by atoms with E-state index in [-0.39, 0.29) is 17.7 Å². The molecular weight excluding hydrogens is 418 g/mol. The number of carbonyl (C=O) groups is 1. The molecule has 3 rings (SSSR count). The molecule has 0 atom stereocenters. The van der Waals surface area contributed by atoms with Crippen molar-refractivity contribution in [2.75, 3.05) is 7.11 Å². The molecule has 33 heavy (non-hydrogen) atoms. The van der Waals surface area contributed by atoms with Crippen LogP contribution in [0.15, 0.2) is 76.2 Å². The van der Waals surface area contributed by atoms with Crippen molar-refractivity contribution >= 4 is 23.4 Å². The van der Waals surface area contributed by atoms with Gasteiger partial charge in [-0.3, -0.25) is 9.79 Å². The van der Waals surface area contributed by atoms with Gasteiger partial charge in [0.05, 0.1) is 35.7 Å². The summed E-state index contributed by atoms with van der Waals surface area (Å²) in [7, 11) is 1.49. The molecule has 0 spiro atoms. The van der Waals surface area contributed by atoms with Gasteiger partial charge >= 0.3 is 5.97 Å². The van der Waals surface area contributed by atoms with Crippen molar-refractivity contribution in [3.8, 4) is 11.8 Å². The van der Waals surface area contributed by atoms with Gasteiger partial charge in [0.1, 0.15) is 12.4 Å². The number of aryl methyl sites for hydroxylation is 1. The largest absolute Gasteiger partial charge is 0.496 e. The molecule has 1 N–H and O–H groups in total. The predicted octanol–water partition coefficient (Wildman–Crippen LogP) is 4.48. The number of benzene rings is 2. The molecule has 0 aliphatic rings. The minimum Gasteiger partial charge on any atom is -0.496 e. The van der Waals surface area contributed by atoms with Gasteiger partial charge in [0.2, 0.25) is 5.56 Å². The number of nitrogens with one attached hydrogen (secondary N) is 1. The van der Waals surface area contributed by atoms with Crippen molar-refractivity contribution in [1.29, 1.82) is 5.26 Å². The summed E-state index contributed by atoms with van der Waals surface area (Å²) >= 11 is 0. The van der Waals surface area contributed by atoms with Crippen molar-refractivity contribution in [2.24, 2.45) is 4.99 Å². The normalized spacial score (nSPS) is 11.6. The maximum Gasteiger partial charge on any atom is 0.340 e. The number of H-pyrrole nitrogens is 1. The number of rotatable bonds is 7. The van der Waals surface area contributed by atoms with E-state index in [1.165, 1.54) is 13.2 Å². The minimum atomic E-state index is -0.575. The third-order valence-electron chi connectivity index (χ3n) is 4.88. The van der Waals surface area contributed by atoms with Crippen LogP contribution in [0.25, 0.3) is 6.08 Å². The number of methoxy groups -OCH3 is 1. The molecule has 0 saturated carbocycles. The van der Waals surface area contributed by atoms with Gasteiger partial charge in [-0.05, 0) is 49.2 Å². The Morgan fingerprint density at radius 3 is 2.64 bits per heavy atom. The van der Waals surface area contributed by atoms with Crippen LogP contribution in [0.1, 0.15) is 29.2 Å². The average Bonchev–Trinajstić information content (AvgIpc) is 2.83. The highest BCUT2D eigenvalue weighted by atomic mass is 16.5. The Hall–Kier alpha value is -4.44. The highest BCUT2D eigenvalue weighted by molar-refractivity contribution is 6.22. The summed E-state index contributed by atoms with van der Waals surface area (Å²) in [6.45, 7) is 3.58. The van der Waals surface area contributed by atoms with Gasteiger partial charge in [0.15, 0.2) is 0 Å². The Balaban J connectivity index is 2.04. The molecule has 2 aromatic carbocycles. The Morgan fingerprint density at radius 2 is 1.94 bits per heavy atom. The first-order valence-corrected chi connectivity index (χ1v) is 10.2. The van der Waals surface area contributed by atoms with E-state index in [1.807, 2.05) is 37.3 Å². The first kappa shape index (κ1) is 23.2. The number of ether oxygens (including phenoxy) is 2. The van der Waals surface area contributed by atoms with Gasteiger partial charge < -0.3 is 14.5 Å². The fourth-order valence-corrected chi connectivity index (χ4v) is 3.06. The summed E-state index contributed by atoms with van der Waals surface area (Å²) in [4.78, 5) is 32.0.